The maximum atomic E-state index is 5.67. The molecule has 1 atom stereocenters. The van der Waals surface area contributed by atoms with Crippen LogP contribution in [0.3, 0.4) is 0 Å². The van der Waals surface area contributed by atoms with Gasteiger partial charge in [0.15, 0.2) is 5.82 Å². The molecule has 1 aromatic rings. The van der Waals surface area contributed by atoms with Crippen molar-refractivity contribution in [1.82, 2.24) is 15.3 Å². The number of hydrogen-bond donors (Lipinski definition) is 1. The Hall–Kier alpha value is -1.04. The van der Waals surface area contributed by atoms with Crippen molar-refractivity contribution < 1.29 is 9.47 Å². The standard InChI is InChI=1S/C16H27N3O2/c1-20-9-8-17-10-13-11-18-16(19-12-13)15(21-2)14-6-4-3-5-7-14/h11-12,14-15,17H,3-10H2,1-2H3. The van der Waals surface area contributed by atoms with E-state index in [0.29, 0.717) is 12.5 Å². The van der Waals surface area contributed by atoms with Crippen LogP contribution in [0.1, 0.15) is 49.6 Å². The Morgan fingerprint density at radius 1 is 1.19 bits per heavy atom. The Morgan fingerprint density at radius 3 is 2.52 bits per heavy atom. The van der Waals surface area contributed by atoms with Crippen LogP contribution in [0.25, 0.3) is 0 Å². The van der Waals surface area contributed by atoms with E-state index in [2.05, 4.69) is 15.3 Å². The maximum absolute atomic E-state index is 5.67. The van der Waals surface area contributed by atoms with Gasteiger partial charge >= 0.3 is 0 Å². The van der Waals surface area contributed by atoms with Gasteiger partial charge in [-0.3, -0.25) is 0 Å². The molecule has 5 heteroatoms. The van der Waals surface area contributed by atoms with Crippen LogP contribution < -0.4 is 5.32 Å². The molecule has 0 radical (unpaired) electrons. The zero-order valence-electron chi connectivity index (χ0n) is 13.2. The lowest BCUT2D eigenvalue weighted by Crippen LogP contribution is -2.21. The number of nitrogens with zero attached hydrogens (tertiary/aromatic N) is 2. The molecule has 1 N–H and O–H groups in total. The van der Waals surface area contributed by atoms with Crippen LogP contribution >= 0.6 is 0 Å². The minimum Gasteiger partial charge on any atom is -0.383 e. The van der Waals surface area contributed by atoms with E-state index in [4.69, 9.17) is 9.47 Å². The highest BCUT2D eigenvalue weighted by molar-refractivity contribution is 5.07. The van der Waals surface area contributed by atoms with Gasteiger partial charge in [0.1, 0.15) is 6.10 Å². The van der Waals surface area contributed by atoms with Crippen LogP contribution in [0.15, 0.2) is 12.4 Å². The molecule has 21 heavy (non-hydrogen) atoms. The normalized spacial score (nSPS) is 17.8. The highest BCUT2D eigenvalue weighted by atomic mass is 16.5. The van der Waals surface area contributed by atoms with Gasteiger partial charge in [0, 0.05) is 45.3 Å². The molecule has 2 rings (SSSR count). The number of ether oxygens (including phenoxy) is 2. The lowest BCUT2D eigenvalue weighted by Gasteiger charge is -2.28. The van der Waals surface area contributed by atoms with E-state index in [-0.39, 0.29) is 6.10 Å². The van der Waals surface area contributed by atoms with Crippen molar-refractivity contribution in [2.45, 2.75) is 44.8 Å². The van der Waals surface area contributed by atoms with Gasteiger partial charge in [-0.05, 0) is 18.8 Å². The van der Waals surface area contributed by atoms with Crippen LogP contribution in [-0.4, -0.2) is 37.3 Å². The lowest BCUT2D eigenvalue weighted by atomic mass is 9.85. The average Bonchev–Trinajstić information content (AvgIpc) is 2.55. The molecule has 1 heterocycles. The molecule has 1 unspecified atom stereocenters. The maximum Gasteiger partial charge on any atom is 0.157 e. The van der Waals surface area contributed by atoms with Crippen molar-refractivity contribution in [3.05, 3.63) is 23.8 Å². The van der Waals surface area contributed by atoms with E-state index >= 15 is 0 Å². The van der Waals surface area contributed by atoms with E-state index in [1.807, 2.05) is 12.4 Å². The summed E-state index contributed by atoms with van der Waals surface area (Å²) >= 11 is 0. The molecule has 1 aliphatic rings. The summed E-state index contributed by atoms with van der Waals surface area (Å²) < 4.78 is 10.7. The summed E-state index contributed by atoms with van der Waals surface area (Å²) in [5.41, 5.74) is 1.09. The molecular formula is C16H27N3O2. The fourth-order valence-electron chi connectivity index (χ4n) is 2.96. The minimum atomic E-state index is 0.0424. The average molecular weight is 293 g/mol. The smallest absolute Gasteiger partial charge is 0.157 e. The van der Waals surface area contributed by atoms with Crippen molar-refractivity contribution in [2.75, 3.05) is 27.4 Å². The summed E-state index contributed by atoms with van der Waals surface area (Å²) in [7, 11) is 3.47. The largest absolute Gasteiger partial charge is 0.383 e. The molecule has 0 aromatic carbocycles. The molecule has 0 bridgehead atoms. The van der Waals surface area contributed by atoms with Crippen molar-refractivity contribution >= 4 is 0 Å². The van der Waals surface area contributed by atoms with Gasteiger partial charge in [-0.25, -0.2) is 9.97 Å². The second-order valence-corrected chi connectivity index (χ2v) is 5.67. The highest BCUT2D eigenvalue weighted by Crippen LogP contribution is 2.34. The van der Waals surface area contributed by atoms with Gasteiger partial charge in [0.25, 0.3) is 0 Å². The van der Waals surface area contributed by atoms with Crippen molar-refractivity contribution in [1.29, 1.82) is 0 Å². The molecule has 1 aromatic heterocycles. The summed E-state index contributed by atoms with van der Waals surface area (Å²) in [5.74, 6) is 1.39. The van der Waals surface area contributed by atoms with Gasteiger partial charge in [0.2, 0.25) is 0 Å². The molecule has 1 fully saturated rings. The Morgan fingerprint density at radius 2 is 1.90 bits per heavy atom. The van der Waals surface area contributed by atoms with E-state index < -0.39 is 0 Å². The Kier molecular flexibility index (Phi) is 7.06. The second-order valence-electron chi connectivity index (χ2n) is 5.67. The number of rotatable bonds is 8. The molecule has 0 saturated heterocycles. The molecule has 0 spiro atoms. The van der Waals surface area contributed by atoms with Gasteiger partial charge in [-0.15, -0.1) is 0 Å². The van der Waals surface area contributed by atoms with Crippen molar-refractivity contribution in [3.63, 3.8) is 0 Å². The quantitative estimate of drug-likeness (QED) is 0.746. The zero-order chi connectivity index (χ0) is 14.9. The second kappa shape index (κ2) is 9.07. The minimum absolute atomic E-state index is 0.0424. The Balaban J connectivity index is 1.89. The summed E-state index contributed by atoms with van der Waals surface area (Å²) in [4.78, 5) is 9.03. The Labute approximate surface area is 127 Å². The first kappa shape index (κ1) is 16.3. The predicted octanol–water partition coefficient (Wildman–Crippen LogP) is 2.48. The summed E-state index contributed by atoms with van der Waals surface area (Å²) in [6, 6.07) is 0. The highest BCUT2D eigenvalue weighted by Gasteiger charge is 2.26. The number of methoxy groups -OCH3 is 2. The fourth-order valence-corrected chi connectivity index (χ4v) is 2.96. The summed E-state index contributed by atoms with van der Waals surface area (Å²) in [6.07, 6.45) is 10.2. The molecule has 1 aliphatic carbocycles. The third-order valence-corrected chi connectivity index (χ3v) is 4.12. The first-order chi connectivity index (χ1) is 10.3. The van der Waals surface area contributed by atoms with Crippen molar-refractivity contribution in [3.8, 4) is 0 Å². The van der Waals surface area contributed by atoms with Gasteiger partial charge in [-0.2, -0.15) is 0 Å². The first-order valence-electron chi connectivity index (χ1n) is 7.88. The van der Waals surface area contributed by atoms with E-state index in [1.54, 1.807) is 14.2 Å². The molecular weight excluding hydrogens is 266 g/mol. The third-order valence-electron chi connectivity index (χ3n) is 4.12. The zero-order valence-corrected chi connectivity index (χ0v) is 13.2. The van der Waals surface area contributed by atoms with Crippen LogP contribution in [-0.2, 0) is 16.0 Å². The van der Waals surface area contributed by atoms with Crippen molar-refractivity contribution in [2.24, 2.45) is 5.92 Å². The van der Waals surface area contributed by atoms with Crippen LogP contribution in [0.4, 0.5) is 0 Å². The first-order valence-corrected chi connectivity index (χ1v) is 7.88. The van der Waals surface area contributed by atoms with E-state index in [1.165, 1.54) is 32.1 Å². The number of nitrogens with one attached hydrogen (secondary N) is 1. The SMILES string of the molecule is COCCNCc1cnc(C(OC)C2CCCCC2)nc1. The van der Waals surface area contributed by atoms with Crippen LogP contribution in [0, 0.1) is 5.92 Å². The molecule has 118 valence electrons. The predicted molar refractivity (Wildman–Crippen MR) is 81.9 cm³/mol. The monoisotopic (exact) mass is 293 g/mol. The fraction of sp³-hybridized carbons (Fsp3) is 0.750. The molecule has 1 saturated carbocycles. The topological polar surface area (TPSA) is 56.3 Å². The lowest BCUT2D eigenvalue weighted by molar-refractivity contribution is 0.0288. The Bertz CT molecular complexity index is 391. The van der Waals surface area contributed by atoms with Gasteiger partial charge in [-0.1, -0.05) is 19.3 Å². The van der Waals surface area contributed by atoms with Gasteiger partial charge < -0.3 is 14.8 Å². The number of hydrogen-bond acceptors (Lipinski definition) is 5. The molecule has 0 aliphatic heterocycles. The number of aromatic nitrogens is 2. The molecule has 5 nitrogen and oxygen atoms in total. The summed E-state index contributed by atoms with van der Waals surface area (Å²) in [6.45, 7) is 2.32. The summed E-state index contributed by atoms with van der Waals surface area (Å²) in [5, 5.41) is 3.29. The van der Waals surface area contributed by atoms with Crippen LogP contribution in [0.2, 0.25) is 0 Å². The van der Waals surface area contributed by atoms with E-state index in [9.17, 15) is 0 Å². The van der Waals surface area contributed by atoms with Crippen LogP contribution in [0.5, 0.6) is 0 Å². The van der Waals surface area contributed by atoms with E-state index in [0.717, 1.165) is 24.5 Å². The third kappa shape index (κ3) is 5.02. The van der Waals surface area contributed by atoms with Gasteiger partial charge in [0.05, 0.1) is 6.61 Å². The molecule has 0 amide bonds.